The van der Waals surface area contributed by atoms with Crippen molar-refractivity contribution in [3.8, 4) is 0 Å². The number of amides is 4. The van der Waals surface area contributed by atoms with Gasteiger partial charge in [-0.25, -0.2) is 14.1 Å². The molecule has 10 nitrogen and oxygen atoms in total. The van der Waals surface area contributed by atoms with Crippen LogP contribution in [0.25, 0.3) is 0 Å². The van der Waals surface area contributed by atoms with Crippen LogP contribution >= 0.6 is 0 Å². The number of ether oxygens (including phenoxy) is 1. The van der Waals surface area contributed by atoms with Crippen molar-refractivity contribution in [1.82, 2.24) is 15.1 Å². The van der Waals surface area contributed by atoms with Crippen LogP contribution in [0.4, 0.5) is 28.0 Å². The molecule has 1 saturated heterocycles. The summed E-state index contributed by atoms with van der Waals surface area (Å²) in [6, 6.07) is 7.46. The molecule has 0 aromatic heterocycles. The van der Waals surface area contributed by atoms with Gasteiger partial charge in [0.15, 0.2) is 0 Å². The number of carbonyl (C=O) groups is 5. The van der Waals surface area contributed by atoms with Crippen molar-refractivity contribution in [2.75, 3.05) is 25.0 Å². The fourth-order valence-corrected chi connectivity index (χ4v) is 6.57. The van der Waals surface area contributed by atoms with E-state index in [1.165, 1.54) is 12.1 Å². The maximum Gasteiger partial charge on any atom is 0.418 e. The zero-order chi connectivity index (χ0) is 36.1. The Labute approximate surface area is 287 Å². The van der Waals surface area contributed by atoms with Crippen LogP contribution < -0.4 is 10.6 Å². The molecule has 1 saturated carbocycles. The highest BCUT2D eigenvalue weighted by Gasteiger charge is 2.58. The van der Waals surface area contributed by atoms with Crippen molar-refractivity contribution >= 4 is 35.3 Å². The van der Waals surface area contributed by atoms with Gasteiger partial charge in [0.1, 0.15) is 24.2 Å². The maximum absolute atomic E-state index is 13.7. The van der Waals surface area contributed by atoms with Crippen LogP contribution in [0.3, 0.4) is 0 Å². The average molecular weight is 703 g/mol. The summed E-state index contributed by atoms with van der Waals surface area (Å²) in [5.74, 6) is -2.04. The van der Waals surface area contributed by atoms with Crippen LogP contribution in [-0.4, -0.2) is 71.3 Å². The third-order valence-corrected chi connectivity index (χ3v) is 9.84. The average Bonchev–Trinajstić information content (AvgIpc) is 3.52. The standard InChI is InChI=1S/C36H42F4N4O6/c1-23(36(38,39)40)43(21-24-9-11-27(37)12-10-24)32(47)22-44-33(48)35(50-34(44)49)17-15-26-20-28(13-14-29(26)35)41-19-16-31(46)42-18-4-2-3-8-30(45)25-6-5-7-25/h9-14,20,23,25,41H,2-8,15-19,21-22H2,1H3,(H,42,46)/t23-,35+/m0/s1. The number of halogens is 4. The first-order valence-electron chi connectivity index (χ1n) is 17.1. The van der Waals surface area contributed by atoms with Gasteiger partial charge in [0.25, 0.3) is 5.91 Å². The highest BCUT2D eigenvalue weighted by Crippen LogP contribution is 2.46. The molecule has 2 atom stereocenters. The fraction of sp³-hybridized carbons (Fsp3) is 0.528. The van der Waals surface area contributed by atoms with Crippen LogP contribution in [0.5, 0.6) is 0 Å². The zero-order valence-electron chi connectivity index (χ0n) is 28.0. The van der Waals surface area contributed by atoms with Gasteiger partial charge in [-0.05, 0) is 74.4 Å². The van der Waals surface area contributed by atoms with E-state index in [9.17, 15) is 41.5 Å². The Bertz CT molecular complexity index is 1600. The SMILES string of the molecule is C[C@H](N(Cc1ccc(F)cc1)C(=O)CN1C(=O)O[C@@]2(CCc3cc(NCCC(=O)NCCCCCC(=O)C4CCC4)ccc32)C1=O)C(F)(F)F. The molecule has 1 spiro atoms. The highest BCUT2D eigenvalue weighted by molar-refractivity contribution is 6.06. The van der Waals surface area contributed by atoms with Gasteiger partial charge < -0.3 is 20.3 Å². The van der Waals surface area contributed by atoms with Crippen LogP contribution in [0.1, 0.15) is 81.4 Å². The molecule has 1 aliphatic heterocycles. The van der Waals surface area contributed by atoms with Crippen LogP contribution in [0.15, 0.2) is 42.5 Å². The second-order valence-electron chi connectivity index (χ2n) is 13.3. The molecule has 2 aromatic rings. The minimum atomic E-state index is -4.80. The minimum absolute atomic E-state index is 0.0937. The Kier molecular flexibility index (Phi) is 11.5. The van der Waals surface area contributed by atoms with Crippen molar-refractivity contribution in [2.45, 2.75) is 95.5 Å². The van der Waals surface area contributed by atoms with Crippen molar-refractivity contribution < 1.29 is 46.3 Å². The van der Waals surface area contributed by atoms with Gasteiger partial charge in [-0.1, -0.05) is 31.0 Å². The maximum atomic E-state index is 13.7. The van der Waals surface area contributed by atoms with Gasteiger partial charge >= 0.3 is 12.3 Å². The first kappa shape index (κ1) is 36.8. The highest BCUT2D eigenvalue weighted by atomic mass is 19.4. The number of rotatable bonds is 16. The number of carbonyl (C=O) groups excluding carboxylic acids is 5. The Hall–Kier alpha value is -4.49. The molecular formula is C36H42F4N4O6. The molecular weight excluding hydrogens is 660 g/mol. The lowest BCUT2D eigenvalue weighted by molar-refractivity contribution is -0.187. The molecule has 5 rings (SSSR count). The first-order chi connectivity index (χ1) is 23.8. The number of ketones is 1. The number of aryl methyl sites for hydroxylation is 1. The Morgan fingerprint density at radius 2 is 1.76 bits per heavy atom. The summed E-state index contributed by atoms with van der Waals surface area (Å²) < 4.78 is 60.1. The number of fused-ring (bicyclic) bond motifs is 2. The van der Waals surface area contributed by atoms with Gasteiger partial charge in [-0.2, -0.15) is 13.2 Å². The number of Topliss-reactive ketones (excluding diaryl/α,β-unsaturated/α-hetero) is 1. The Morgan fingerprint density at radius 1 is 1.02 bits per heavy atom. The van der Waals surface area contributed by atoms with E-state index in [0.717, 1.165) is 57.6 Å². The minimum Gasteiger partial charge on any atom is -0.427 e. The summed E-state index contributed by atoms with van der Waals surface area (Å²) in [4.78, 5) is 65.1. The van der Waals surface area contributed by atoms with Crippen LogP contribution in [0.2, 0.25) is 0 Å². The van der Waals surface area contributed by atoms with E-state index in [2.05, 4.69) is 10.6 Å². The predicted octanol–water partition coefficient (Wildman–Crippen LogP) is 5.77. The molecule has 2 fully saturated rings. The topological polar surface area (TPSA) is 125 Å². The van der Waals surface area contributed by atoms with E-state index in [1.807, 2.05) is 0 Å². The lowest BCUT2D eigenvalue weighted by Crippen LogP contribution is -2.51. The number of nitrogens with zero attached hydrogens (tertiary/aromatic N) is 2. The third-order valence-electron chi connectivity index (χ3n) is 9.84. The molecule has 0 radical (unpaired) electrons. The lowest BCUT2D eigenvalue weighted by atomic mass is 9.81. The lowest BCUT2D eigenvalue weighted by Gasteiger charge is -2.31. The monoisotopic (exact) mass is 702 g/mol. The van der Waals surface area contributed by atoms with E-state index < -0.39 is 54.6 Å². The first-order valence-corrected chi connectivity index (χ1v) is 17.1. The number of alkyl halides is 3. The van der Waals surface area contributed by atoms with Gasteiger partial charge in [-0.3, -0.25) is 19.2 Å². The number of unbranched alkanes of at least 4 members (excludes halogenated alkanes) is 2. The Balaban J connectivity index is 1.12. The van der Waals surface area contributed by atoms with E-state index in [4.69, 9.17) is 4.74 Å². The molecule has 3 aliphatic rings. The molecule has 2 aromatic carbocycles. The number of nitrogens with one attached hydrogen (secondary N) is 2. The van der Waals surface area contributed by atoms with Gasteiger partial charge in [-0.15, -0.1) is 0 Å². The van der Waals surface area contributed by atoms with E-state index >= 15 is 0 Å². The third kappa shape index (κ3) is 8.44. The normalized spacial score (nSPS) is 19.2. The molecule has 14 heteroatoms. The number of anilines is 1. The molecule has 1 heterocycles. The van der Waals surface area contributed by atoms with Crippen molar-refractivity contribution in [2.24, 2.45) is 5.92 Å². The number of benzene rings is 2. The summed E-state index contributed by atoms with van der Waals surface area (Å²) in [5.41, 5.74) is 0.360. The van der Waals surface area contributed by atoms with Crippen LogP contribution in [0, 0.1) is 11.7 Å². The van der Waals surface area contributed by atoms with Gasteiger partial charge in [0.05, 0.1) is 0 Å². The van der Waals surface area contributed by atoms with Crippen molar-refractivity contribution in [3.63, 3.8) is 0 Å². The molecule has 0 unspecified atom stereocenters. The van der Waals surface area contributed by atoms with E-state index in [0.29, 0.717) is 58.3 Å². The summed E-state index contributed by atoms with van der Waals surface area (Å²) in [7, 11) is 0. The van der Waals surface area contributed by atoms with Gasteiger partial charge in [0, 0.05) is 56.1 Å². The molecule has 0 bridgehead atoms. The second-order valence-corrected chi connectivity index (χ2v) is 13.3. The summed E-state index contributed by atoms with van der Waals surface area (Å²) in [6.07, 6.45) is 1.08. The largest absolute Gasteiger partial charge is 0.427 e. The van der Waals surface area contributed by atoms with Crippen LogP contribution in [-0.2, 0) is 42.5 Å². The molecule has 4 amide bonds. The second kappa shape index (κ2) is 15.6. The Morgan fingerprint density at radius 3 is 2.44 bits per heavy atom. The zero-order valence-corrected chi connectivity index (χ0v) is 28.0. The van der Waals surface area contributed by atoms with Crippen molar-refractivity contribution in [1.29, 1.82) is 0 Å². The van der Waals surface area contributed by atoms with E-state index in [-0.39, 0.29) is 30.2 Å². The van der Waals surface area contributed by atoms with Gasteiger partial charge in [0.2, 0.25) is 17.4 Å². The molecule has 2 aliphatic carbocycles. The molecule has 50 heavy (non-hydrogen) atoms. The summed E-state index contributed by atoms with van der Waals surface area (Å²) in [6.45, 7) is 0.201. The number of hydrogen-bond acceptors (Lipinski definition) is 7. The number of hydrogen-bond donors (Lipinski definition) is 2. The molecule has 270 valence electrons. The molecule has 2 N–H and O–H groups in total. The summed E-state index contributed by atoms with van der Waals surface area (Å²) >= 11 is 0. The quantitative estimate of drug-likeness (QED) is 0.168. The summed E-state index contributed by atoms with van der Waals surface area (Å²) in [5, 5.41) is 6.06. The predicted molar refractivity (Wildman–Crippen MR) is 174 cm³/mol. The smallest absolute Gasteiger partial charge is 0.418 e. The van der Waals surface area contributed by atoms with E-state index in [1.54, 1.807) is 18.2 Å². The van der Waals surface area contributed by atoms with Crippen molar-refractivity contribution in [3.05, 3.63) is 65.0 Å². The fourth-order valence-electron chi connectivity index (χ4n) is 6.57. The number of imide groups is 1.